The number of para-hydroxylation sites is 1. The SMILES string of the molecule is O=C1[C@@H]2[C@@H](c3ccc(Cl)cc3)N(c3ccccc3)O[C@H]2C(=O)N1Cc1ccccc1. The third-order valence-corrected chi connectivity index (χ3v) is 5.86. The van der Waals surface area contributed by atoms with Crippen molar-refractivity contribution in [1.82, 2.24) is 4.90 Å². The van der Waals surface area contributed by atoms with Gasteiger partial charge < -0.3 is 0 Å². The Balaban J connectivity index is 1.52. The molecule has 30 heavy (non-hydrogen) atoms. The van der Waals surface area contributed by atoms with Gasteiger partial charge in [-0.1, -0.05) is 72.3 Å². The Kier molecular flexibility index (Phi) is 4.77. The van der Waals surface area contributed by atoms with Gasteiger partial charge in [0.2, 0.25) is 5.91 Å². The topological polar surface area (TPSA) is 49.9 Å². The molecule has 2 amide bonds. The molecule has 0 aliphatic carbocycles. The number of fused-ring (bicyclic) bond motifs is 1. The van der Waals surface area contributed by atoms with Gasteiger partial charge in [-0.3, -0.25) is 19.3 Å². The minimum absolute atomic E-state index is 0.216. The molecule has 3 aromatic carbocycles. The van der Waals surface area contributed by atoms with Crippen molar-refractivity contribution in [3.63, 3.8) is 0 Å². The Morgan fingerprint density at radius 3 is 2.10 bits per heavy atom. The lowest BCUT2D eigenvalue weighted by atomic mass is 9.90. The lowest BCUT2D eigenvalue weighted by molar-refractivity contribution is -0.143. The summed E-state index contributed by atoms with van der Waals surface area (Å²) < 4.78 is 0. The molecule has 3 atom stereocenters. The number of halogens is 1. The van der Waals surface area contributed by atoms with Crippen LogP contribution < -0.4 is 5.06 Å². The van der Waals surface area contributed by atoms with E-state index in [2.05, 4.69) is 0 Å². The van der Waals surface area contributed by atoms with Crippen LogP contribution in [0.3, 0.4) is 0 Å². The minimum atomic E-state index is -0.845. The predicted molar refractivity (Wildman–Crippen MR) is 113 cm³/mol. The van der Waals surface area contributed by atoms with Crippen LogP contribution in [-0.4, -0.2) is 22.8 Å². The fraction of sp³-hybridized carbons (Fsp3) is 0.167. The average Bonchev–Trinajstić information content (AvgIpc) is 3.28. The summed E-state index contributed by atoms with van der Waals surface area (Å²) in [5, 5.41) is 2.30. The summed E-state index contributed by atoms with van der Waals surface area (Å²) in [7, 11) is 0. The second kappa shape index (κ2) is 7.59. The molecular weight excluding hydrogens is 400 g/mol. The number of amides is 2. The number of hydrogen-bond donors (Lipinski definition) is 0. The van der Waals surface area contributed by atoms with Gasteiger partial charge in [0.25, 0.3) is 5.91 Å². The first-order valence-electron chi connectivity index (χ1n) is 9.79. The van der Waals surface area contributed by atoms with Gasteiger partial charge >= 0.3 is 0 Å². The van der Waals surface area contributed by atoms with Gasteiger partial charge in [-0.05, 0) is 35.4 Å². The fourth-order valence-corrected chi connectivity index (χ4v) is 4.32. The second-order valence-corrected chi connectivity index (χ2v) is 7.89. The highest BCUT2D eigenvalue weighted by Gasteiger charge is 2.59. The maximum absolute atomic E-state index is 13.4. The van der Waals surface area contributed by atoms with Crippen LogP contribution in [-0.2, 0) is 21.0 Å². The molecule has 2 heterocycles. The minimum Gasteiger partial charge on any atom is -0.275 e. The van der Waals surface area contributed by atoms with Crippen molar-refractivity contribution in [1.29, 1.82) is 0 Å². The van der Waals surface area contributed by atoms with Crippen molar-refractivity contribution in [3.05, 3.63) is 101 Å². The summed E-state index contributed by atoms with van der Waals surface area (Å²) in [4.78, 5) is 34.0. The quantitative estimate of drug-likeness (QED) is 0.590. The van der Waals surface area contributed by atoms with Gasteiger partial charge in [-0.2, -0.15) is 0 Å². The number of nitrogens with zero attached hydrogens (tertiary/aromatic N) is 2. The van der Waals surface area contributed by atoms with Crippen LogP contribution in [0.25, 0.3) is 0 Å². The van der Waals surface area contributed by atoms with Gasteiger partial charge in [-0.15, -0.1) is 0 Å². The highest BCUT2D eigenvalue weighted by atomic mass is 35.5. The van der Waals surface area contributed by atoms with Gasteiger partial charge in [0.1, 0.15) is 5.92 Å². The van der Waals surface area contributed by atoms with Crippen LogP contribution in [0.2, 0.25) is 5.02 Å². The van der Waals surface area contributed by atoms with Crippen LogP contribution in [0, 0.1) is 5.92 Å². The Hall–Kier alpha value is -3.15. The monoisotopic (exact) mass is 418 g/mol. The normalized spacial score (nSPS) is 23.2. The van der Waals surface area contributed by atoms with Crippen LogP contribution in [0.4, 0.5) is 5.69 Å². The molecule has 0 bridgehead atoms. The van der Waals surface area contributed by atoms with E-state index in [9.17, 15) is 9.59 Å². The number of likely N-dealkylation sites (tertiary alicyclic amines) is 1. The van der Waals surface area contributed by atoms with E-state index in [-0.39, 0.29) is 18.4 Å². The van der Waals surface area contributed by atoms with Crippen LogP contribution in [0.5, 0.6) is 0 Å². The molecule has 0 unspecified atom stereocenters. The van der Waals surface area contributed by atoms with E-state index in [0.29, 0.717) is 5.02 Å². The molecule has 3 aromatic rings. The number of anilines is 1. The summed E-state index contributed by atoms with van der Waals surface area (Å²) in [6.45, 7) is 0.244. The molecule has 0 N–H and O–H groups in total. The molecule has 5 nitrogen and oxygen atoms in total. The maximum Gasteiger partial charge on any atom is 0.262 e. The first-order valence-corrected chi connectivity index (χ1v) is 10.2. The molecule has 2 fully saturated rings. The number of hydroxylamine groups is 1. The van der Waals surface area contributed by atoms with E-state index >= 15 is 0 Å². The van der Waals surface area contributed by atoms with E-state index in [0.717, 1.165) is 16.8 Å². The van der Waals surface area contributed by atoms with Gasteiger partial charge in [0.15, 0.2) is 6.10 Å². The molecule has 5 rings (SSSR count). The predicted octanol–water partition coefficient (Wildman–Crippen LogP) is 4.39. The highest BCUT2D eigenvalue weighted by Crippen LogP contribution is 2.47. The van der Waals surface area contributed by atoms with Crippen molar-refractivity contribution in [2.75, 3.05) is 5.06 Å². The first-order chi connectivity index (χ1) is 14.6. The molecule has 6 heteroatoms. The van der Waals surface area contributed by atoms with Crippen molar-refractivity contribution < 1.29 is 14.4 Å². The van der Waals surface area contributed by atoms with E-state index < -0.39 is 18.1 Å². The Morgan fingerprint density at radius 1 is 0.800 bits per heavy atom. The Morgan fingerprint density at radius 2 is 1.43 bits per heavy atom. The number of carbonyl (C=O) groups is 2. The van der Waals surface area contributed by atoms with Gasteiger partial charge in [-0.25, -0.2) is 5.06 Å². The third kappa shape index (κ3) is 3.16. The smallest absolute Gasteiger partial charge is 0.262 e. The number of carbonyl (C=O) groups excluding carboxylic acids is 2. The largest absolute Gasteiger partial charge is 0.275 e. The molecular formula is C24H19ClN2O3. The van der Waals surface area contributed by atoms with Crippen molar-refractivity contribution >= 4 is 29.1 Å². The summed E-state index contributed by atoms with van der Waals surface area (Å²) in [5.41, 5.74) is 2.57. The molecule has 0 aromatic heterocycles. The summed E-state index contributed by atoms with van der Waals surface area (Å²) in [5.74, 6) is -1.14. The zero-order chi connectivity index (χ0) is 20.7. The van der Waals surface area contributed by atoms with Crippen molar-refractivity contribution in [2.45, 2.75) is 18.7 Å². The van der Waals surface area contributed by atoms with Gasteiger partial charge in [0.05, 0.1) is 18.3 Å². The molecule has 2 saturated heterocycles. The molecule has 2 aliphatic heterocycles. The molecule has 0 spiro atoms. The maximum atomic E-state index is 13.4. The zero-order valence-electron chi connectivity index (χ0n) is 16.0. The Bertz CT molecular complexity index is 1070. The number of imide groups is 1. The lowest BCUT2D eigenvalue weighted by Crippen LogP contribution is -2.36. The molecule has 2 aliphatic rings. The number of hydrogen-bond acceptors (Lipinski definition) is 4. The molecule has 150 valence electrons. The highest BCUT2D eigenvalue weighted by molar-refractivity contribution is 6.30. The summed E-state index contributed by atoms with van der Waals surface area (Å²) >= 11 is 6.07. The van der Waals surface area contributed by atoms with E-state index in [4.69, 9.17) is 16.4 Å². The van der Waals surface area contributed by atoms with Crippen molar-refractivity contribution in [3.8, 4) is 0 Å². The third-order valence-electron chi connectivity index (χ3n) is 5.61. The first kappa shape index (κ1) is 18.9. The number of rotatable bonds is 4. The van der Waals surface area contributed by atoms with Crippen LogP contribution in [0.15, 0.2) is 84.9 Å². The standard InChI is InChI=1S/C24H19ClN2O3/c25-18-13-11-17(12-14-18)21-20-22(30-27(21)19-9-5-2-6-10-19)24(29)26(23(20)28)15-16-7-3-1-4-8-16/h1-14,20-22H,15H2/t20-,21-,22-/m1/s1. The molecule has 0 radical (unpaired) electrons. The lowest BCUT2D eigenvalue weighted by Gasteiger charge is -2.28. The van der Waals surface area contributed by atoms with Gasteiger partial charge in [0, 0.05) is 5.02 Å². The summed E-state index contributed by atoms with van der Waals surface area (Å²) in [6, 6.07) is 25.9. The second-order valence-electron chi connectivity index (χ2n) is 7.46. The van der Waals surface area contributed by atoms with Crippen LogP contribution in [0.1, 0.15) is 17.2 Å². The van der Waals surface area contributed by atoms with E-state index in [1.54, 1.807) is 17.2 Å². The average molecular weight is 419 g/mol. The van der Waals surface area contributed by atoms with E-state index in [1.807, 2.05) is 72.8 Å². The van der Waals surface area contributed by atoms with E-state index in [1.165, 1.54) is 4.90 Å². The van der Waals surface area contributed by atoms with Crippen LogP contribution >= 0.6 is 11.6 Å². The summed E-state index contributed by atoms with van der Waals surface area (Å²) in [6.07, 6.45) is -0.845. The zero-order valence-corrected chi connectivity index (χ0v) is 16.8. The molecule has 0 saturated carbocycles. The number of benzene rings is 3. The Labute approximate surface area is 179 Å². The fourth-order valence-electron chi connectivity index (χ4n) is 4.19. The van der Waals surface area contributed by atoms with Crippen molar-refractivity contribution in [2.24, 2.45) is 5.92 Å².